The molecule has 4 aromatic carbocycles. The first kappa shape index (κ1) is 32.1. The molecular weight excluding hydrogens is 658 g/mol. The van der Waals surface area contributed by atoms with Gasteiger partial charge in [-0.1, -0.05) is 76.6 Å². The number of amides is 2. The standard InChI is InChI=1S/C34H34BrN3O6S/c1-2-36-34(40)30(21-25-9-5-3-6-10-25)37(23-26-13-15-27(35)16-14-26)33(39)24-38(45(41,42)29-11-7-4-8-12-29)28-17-18-31-32(22-28)44-20-19-43-31/h3-18,22,30H,2,19-21,23-24H2,1H3,(H,36,40)/t30-/m0/s1. The summed E-state index contributed by atoms with van der Waals surface area (Å²) in [5, 5.41) is 2.87. The number of hydrogen-bond donors (Lipinski definition) is 1. The van der Waals surface area contributed by atoms with Crippen molar-refractivity contribution in [1.29, 1.82) is 0 Å². The van der Waals surface area contributed by atoms with Crippen molar-refractivity contribution < 1.29 is 27.5 Å². The van der Waals surface area contributed by atoms with E-state index in [-0.39, 0.29) is 29.5 Å². The number of carbonyl (C=O) groups excluding carboxylic acids is 2. The minimum atomic E-state index is -4.22. The first-order valence-electron chi connectivity index (χ1n) is 14.6. The van der Waals surface area contributed by atoms with Gasteiger partial charge in [0.05, 0.1) is 10.6 Å². The third-order valence-corrected chi connectivity index (χ3v) is 9.63. The second-order valence-electron chi connectivity index (χ2n) is 10.4. The Balaban J connectivity index is 1.57. The van der Waals surface area contributed by atoms with Crippen molar-refractivity contribution >= 4 is 43.5 Å². The molecule has 45 heavy (non-hydrogen) atoms. The van der Waals surface area contributed by atoms with Gasteiger partial charge in [-0.05, 0) is 54.4 Å². The summed E-state index contributed by atoms with van der Waals surface area (Å²) < 4.78 is 41.6. The third-order valence-electron chi connectivity index (χ3n) is 7.31. The Morgan fingerprint density at radius 2 is 1.49 bits per heavy atom. The highest BCUT2D eigenvalue weighted by molar-refractivity contribution is 9.10. The van der Waals surface area contributed by atoms with Crippen molar-refractivity contribution in [3.8, 4) is 11.5 Å². The van der Waals surface area contributed by atoms with Crippen LogP contribution in [0.4, 0.5) is 5.69 Å². The maximum atomic E-state index is 14.5. The van der Waals surface area contributed by atoms with E-state index in [1.54, 1.807) is 36.4 Å². The third kappa shape index (κ3) is 7.84. The van der Waals surface area contributed by atoms with Crippen molar-refractivity contribution in [2.45, 2.75) is 30.8 Å². The number of nitrogens with one attached hydrogen (secondary N) is 1. The van der Waals surface area contributed by atoms with E-state index in [0.29, 0.717) is 31.3 Å². The molecule has 0 spiro atoms. The summed E-state index contributed by atoms with van der Waals surface area (Å²) in [7, 11) is -4.22. The van der Waals surface area contributed by atoms with Gasteiger partial charge >= 0.3 is 0 Å². The number of benzene rings is 4. The van der Waals surface area contributed by atoms with Gasteiger partial charge in [0.2, 0.25) is 11.8 Å². The Kier molecular flexibility index (Phi) is 10.4. The molecule has 2 amide bonds. The van der Waals surface area contributed by atoms with E-state index in [2.05, 4.69) is 21.2 Å². The second-order valence-corrected chi connectivity index (χ2v) is 13.2. The summed E-state index contributed by atoms with van der Waals surface area (Å²) in [5.74, 6) is 0.00276. The summed E-state index contributed by atoms with van der Waals surface area (Å²) >= 11 is 3.45. The average Bonchev–Trinajstić information content (AvgIpc) is 3.06. The van der Waals surface area contributed by atoms with Crippen LogP contribution < -0.4 is 19.1 Å². The smallest absolute Gasteiger partial charge is 0.264 e. The molecule has 1 aliphatic rings. The van der Waals surface area contributed by atoms with Crippen LogP contribution in [0, 0.1) is 0 Å². The molecule has 1 heterocycles. The Hall–Kier alpha value is -4.35. The molecule has 9 nitrogen and oxygen atoms in total. The minimum Gasteiger partial charge on any atom is -0.486 e. The molecule has 0 bridgehead atoms. The molecule has 0 saturated heterocycles. The molecule has 234 valence electrons. The van der Waals surface area contributed by atoms with E-state index in [1.807, 2.05) is 61.5 Å². The molecule has 0 unspecified atom stereocenters. The highest BCUT2D eigenvalue weighted by Crippen LogP contribution is 2.36. The predicted octanol–water partition coefficient (Wildman–Crippen LogP) is 5.19. The molecule has 0 saturated carbocycles. The Morgan fingerprint density at radius 3 is 2.16 bits per heavy atom. The Morgan fingerprint density at radius 1 is 0.844 bits per heavy atom. The molecule has 1 aliphatic heterocycles. The first-order valence-corrected chi connectivity index (χ1v) is 16.8. The van der Waals surface area contributed by atoms with E-state index in [9.17, 15) is 18.0 Å². The SMILES string of the molecule is CCNC(=O)[C@H](Cc1ccccc1)N(Cc1ccc(Br)cc1)C(=O)CN(c1ccc2c(c1)OCCO2)S(=O)(=O)c1ccccc1. The van der Waals surface area contributed by atoms with Crippen LogP contribution >= 0.6 is 15.9 Å². The quantitative estimate of drug-likeness (QED) is 0.219. The summed E-state index contributed by atoms with van der Waals surface area (Å²) in [6.45, 7) is 2.41. The number of hydrogen-bond acceptors (Lipinski definition) is 6. The molecule has 5 rings (SSSR count). The monoisotopic (exact) mass is 691 g/mol. The first-order chi connectivity index (χ1) is 21.8. The number of halogens is 1. The molecule has 0 aromatic heterocycles. The number of sulfonamides is 1. The van der Waals surface area contributed by atoms with E-state index in [4.69, 9.17) is 9.47 Å². The molecular formula is C34H34BrN3O6S. The van der Waals surface area contributed by atoms with Gasteiger partial charge in [0, 0.05) is 30.0 Å². The number of fused-ring (bicyclic) bond motifs is 1. The fourth-order valence-corrected chi connectivity index (χ4v) is 6.76. The summed E-state index contributed by atoms with van der Waals surface area (Å²) in [5.41, 5.74) is 1.88. The minimum absolute atomic E-state index is 0.0247. The van der Waals surface area contributed by atoms with E-state index < -0.39 is 28.5 Å². The zero-order valence-corrected chi connectivity index (χ0v) is 27.2. The summed E-state index contributed by atoms with van der Waals surface area (Å²) in [4.78, 5) is 29.6. The van der Waals surface area contributed by atoms with Gasteiger partial charge in [0.1, 0.15) is 25.8 Å². The largest absolute Gasteiger partial charge is 0.486 e. The van der Waals surface area contributed by atoms with Crippen LogP contribution in [-0.4, -0.2) is 57.5 Å². The molecule has 0 radical (unpaired) electrons. The summed E-state index contributed by atoms with van der Waals surface area (Å²) in [6.07, 6.45) is 0.240. The zero-order chi connectivity index (χ0) is 31.8. The van der Waals surface area contributed by atoms with Gasteiger partial charge < -0.3 is 19.7 Å². The van der Waals surface area contributed by atoms with Gasteiger partial charge in [-0.15, -0.1) is 0 Å². The lowest BCUT2D eigenvalue weighted by molar-refractivity contribution is -0.140. The van der Waals surface area contributed by atoms with Crippen LogP contribution in [0.1, 0.15) is 18.1 Å². The summed E-state index contributed by atoms with van der Waals surface area (Å²) in [6, 6.07) is 28.7. The van der Waals surface area contributed by atoms with Gasteiger partial charge in [-0.25, -0.2) is 8.42 Å². The molecule has 1 atom stereocenters. The lowest BCUT2D eigenvalue weighted by atomic mass is 10.0. The zero-order valence-electron chi connectivity index (χ0n) is 24.8. The van der Waals surface area contributed by atoms with Crippen LogP contribution in [-0.2, 0) is 32.6 Å². The topological polar surface area (TPSA) is 105 Å². The van der Waals surface area contributed by atoms with Gasteiger partial charge in [0.15, 0.2) is 11.5 Å². The van der Waals surface area contributed by atoms with E-state index in [0.717, 1.165) is 19.9 Å². The van der Waals surface area contributed by atoms with Crippen molar-refractivity contribution in [2.75, 3.05) is 30.6 Å². The number of carbonyl (C=O) groups is 2. The molecule has 1 N–H and O–H groups in total. The Labute approximate surface area is 271 Å². The van der Waals surface area contributed by atoms with Crippen LogP contribution in [0.3, 0.4) is 0 Å². The molecule has 4 aromatic rings. The van der Waals surface area contributed by atoms with Gasteiger partial charge in [0.25, 0.3) is 10.0 Å². The van der Waals surface area contributed by atoms with E-state index >= 15 is 0 Å². The van der Waals surface area contributed by atoms with Crippen molar-refractivity contribution in [2.24, 2.45) is 0 Å². The highest BCUT2D eigenvalue weighted by atomic mass is 79.9. The van der Waals surface area contributed by atoms with E-state index in [1.165, 1.54) is 17.0 Å². The van der Waals surface area contributed by atoms with Gasteiger partial charge in [-0.2, -0.15) is 0 Å². The normalized spacial score (nSPS) is 13.0. The van der Waals surface area contributed by atoms with Crippen molar-refractivity contribution in [3.05, 3.63) is 119 Å². The van der Waals surface area contributed by atoms with Gasteiger partial charge in [-0.3, -0.25) is 13.9 Å². The fraction of sp³-hybridized carbons (Fsp3) is 0.235. The second kappa shape index (κ2) is 14.6. The lowest BCUT2D eigenvalue weighted by Gasteiger charge is -2.34. The number of likely N-dealkylation sites (N-methyl/N-ethyl adjacent to an activating group) is 1. The van der Waals surface area contributed by atoms with Crippen LogP contribution in [0.2, 0.25) is 0 Å². The maximum Gasteiger partial charge on any atom is 0.264 e. The highest BCUT2D eigenvalue weighted by Gasteiger charge is 2.35. The van der Waals surface area contributed by atoms with Crippen LogP contribution in [0.15, 0.2) is 112 Å². The number of ether oxygens (including phenoxy) is 2. The van der Waals surface area contributed by atoms with Crippen LogP contribution in [0.25, 0.3) is 0 Å². The number of anilines is 1. The fourth-order valence-electron chi connectivity index (χ4n) is 5.07. The molecule has 11 heteroatoms. The maximum absolute atomic E-state index is 14.5. The van der Waals surface area contributed by atoms with Crippen LogP contribution in [0.5, 0.6) is 11.5 Å². The molecule has 0 fully saturated rings. The number of nitrogens with zero attached hydrogens (tertiary/aromatic N) is 2. The number of rotatable bonds is 12. The predicted molar refractivity (Wildman–Crippen MR) is 176 cm³/mol. The Bertz CT molecular complexity index is 1720. The van der Waals surface area contributed by atoms with Crippen molar-refractivity contribution in [3.63, 3.8) is 0 Å². The molecule has 0 aliphatic carbocycles. The lowest BCUT2D eigenvalue weighted by Crippen LogP contribution is -2.53. The average molecular weight is 693 g/mol. The van der Waals surface area contributed by atoms with Crippen molar-refractivity contribution in [1.82, 2.24) is 10.2 Å².